The van der Waals surface area contributed by atoms with Crippen LogP contribution in [-0.4, -0.2) is 38.8 Å². The molecule has 0 bridgehead atoms. The van der Waals surface area contributed by atoms with Gasteiger partial charge in [0.05, 0.1) is 13.2 Å². The highest BCUT2D eigenvalue weighted by molar-refractivity contribution is 5.81. The number of nitrogens with two attached hydrogens (primary N) is 1. The third kappa shape index (κ3) is 3.59. The van der Waals surface area contributed by atoms with E-state index in [0.29, 0.717) is 19.8 Å². The molecule has 1 aliphatic rings. The van der Waals surface area contributed by atoms with Crippen LogP contribution in [0.4, 0.5) is 0 Å². The van der Waals surface area contributed by atoms with Crippen LogP contribution in [-0.2, 0) is 14.9 Å². The lowest BCUT2D eigenvalue weighted by atomic mass is 9.73. The average Bonchev–Trinajstić information content (AvgIpc) is 2.53. The number of benzene rings is 1. The first-order valence-corrected chi connectivity index (χ1v) is 7.75. The number of carbonyl (C=O) groups is 1. The van der Waals surface area contributed by atoms with Crippen LogP contribution in [0.1, 0.15) is 30.9 Å². The van der Waals surface area contributed by atoms with Gasteiger partial charge in [-0.25, -0.2) is 0 Å². The van der Waals surface area contributed by atoms with Gasteiger partial charge in [-0.15, -0.1) is 0 Å². The summed E-state index contributed by atoms with van der Waals surface area (Å²) in [6.45, 7) is 5.68. The fraction of sp³-hybridized carbons (Fsp3) is 0.588. The molecule has 1 aliphatic heterocycles. The third-order valence-corrected chi connectivity index (χ3v) is 4.39. The zero-order valence-corrected chi connectivity index (χ0v) is 13.6. The van der Waals surface area contributed by atoms with Crippen LogP contribution in [0.2, 0.25) is 0 Å². The van der Waals surface area contributed by atoms with Crippen molar-refractivity contribution in [1.82, 2.24) is 5.32 Å². The summed E-state index contributed by atoms with van der Waals surface area (Å²) < 4.78 is 11.1. The molecule has 122 valence electrons. The van der Waals surface area contributed by atoms with Gasteiger partial charge in [0, 0.05) is 30.7 Å². The number of nitrogens with one attached hydrogen (secondary N) is 1. The maximum Gasteiger partial charge on any atom is 0.236 e. The van der Waals surface area contributed by atoms with Crippen LogP contribution < -0.4 is 15.8 Å². The molecular formula is C17H26N2O3. The zero-order valence-electron chi connectivity index (χ0n) is 13.6. The molecule has 5 heteroatoms. The predicted molar refractivity (Wildman–Crippen MR) is 86.1 cm³/mol. The molecule has 22 heavy (non-hydrogen) atoms. The minimum atomic E-state index is -0.503. The number of aryl methyl sites for hydroxylation is 1. The number of carbonyl (C=O) groups excluding carboxylic acids is 1. The van der Waals surface area contributed by atoms with E-state index in [-0.39, 0.29) is 11.3 Å². The molecule has 3 N–H and O–H groups in total. The molecule has 0 radical (unpaired) electrons. The van der Waals surface area contributed by atoms with Gasteiger partial charge in [0.25, 0.3) is 0 Å². The summed E-state index contributed by atoms with van der Waals surface area (Å²) in [4.78, 5) is 11.9. The molecule has 0 unspecified atom stereocenters. The first-order valence-electron chi connectivity index (χ1n) is 7.75. The second-order valence-corrected chi connectivity index (χ2v) is 6.10. The molecule has 1 aromatic carbocycles. The van der Waals surface area contributed by atoms with E-state index in [2.05, 4.69) is 18.3 Å². The molecule has 1 amide bonds. The van der Waals surface area contributed by atoms with E-state index in [1.54, 1.807) is 14.0 Å². The lowest BCUT2D eigenvalue weighted by molar-refractivity contribution is -0.122. The van der Waals surface area contributed by atoms with Crippen molar-refractivity contribution in [1.29, 1.82) is 0 Å². The quantitative estimate of drug-likeness (QED) is 0.865. The Morgan fingerprint density at radius 1 is 1.45 bits per heavy atom. The smallest absolute Gasteiger partial charge is 0.236 e. The van der Waals surface area contributed by atoms with Crippen molar-refractivity contribution in [3.63, 3.8) is 0 Å². The Morgan fingerprint density at radius 3 is 2.73 bits per heavy atom. The highest BCUT2D eigenvalue weighted by atomic mass is 16.5. The summed E-state index contributed by atoms with van der Waals surface area (Å²) in [5, 5.41) is 2.99. The van der Waals surface area contributed by atoms with E-state index in [9.17, 15) is 4.79 Å². The Labute approximate surface area is 132 Å². The summed E-state index contributed by atoms with van der Waals surface area (Å²) >= 11 is 0. The first kappa shape index (κ1) is 16.8. The summed E-state index contributed by atoms with van der Waals surface area (Å²) in [5.74, 6) is 0.736. The Kier molecular flexibility index (Phi) is 5.42. The topological polar surface area (TPSA) is 73.6 Å². The molecule has 2 rings (SSSR count). The van der Waals surface area contributed by atoms with Crippen LogP contribution in [0.5, 0.6) is 5.75 Å². The van der Waals surface area contributed by atoms with Crippen molar-refractivity contribution in [2.45, 2.75) is 38.1 Å². The molecule has 1 saturated heterocycles. The molecule has 5 nitrogen and oxygen atoms in total. The van der Waals surface area contributed by atoms with Crippen LogP contribution in [0.15, 0.2) is 18.2 Å². The number of hydrogen-bond acceptors (Lipinski definition) is 4. The van der Waals surface area contributed by atoms with Crippen molar-refractivity contribution < 1.29 is 14.3 Å². The van der Waals surface area contributed by atoms with E-state index < -0.39 is 6.04 Å². The van der Waals surface area contributed by atoms with E-state index in [4.69, 9.17) is 15.2 Å². The third-order valence-electron chi connectivity index (χ3n) is 4.39. The van der Waals surface area contributed by atoms with Crippen molar-refractivity contribution in [2.75, 3.05) is 26.9 Å². The van der Waals surface area contributed by atoms with Gasteiger partial charge >= 0.3 is 0 Å². The normalized spacial score (nSPS) is 18.5. The summed E-state index contributed by atoms with van der Waals surface area (Å²) in [7, 11) is 1.68. The van der Waals surface area contributed by atoms with Crippen molar-refractivity contribution in [2.24, 2.45) is 5.73 Å². The van der Waals surface area contributed by atoms with Gasteiger partial charge in [0.15, 0.2) is 0 Å². The Bertz CT molecular complexity index is 523. The number of hydrogen-bond donors (Lipinski definition) is 2. The van der Waals surface area contributed by atoms with E-state index in [1.807, 2.05) is 12.1 Å². The minimum absolute atomic E-state index is 0.127. The number of ether oxygens (including phenoxy) is 2. The molecule has 1 fully saturated rings. The fourth-order valence-electron chi connectivity index (χ4n) is 2.96. The maximum absolute atomic E-state index is 11.9. The molecule has 0 spiro atoms. The second kappa shape index (κ2) is 7.11. The van der Waals surface area contributed by atoms with Gasteiger partial charge < -0.3 is 20.5 Å². The summed E-state index contributed by atoms with van der Waals surface area (Å²) in [6, 6.07) is 5.68. The van der Waals surface area contributed by atoms with Crippen LogP contribution in [0.3, 0.4) is 0 Å². The van der Waals surface area contributed by atoms with Gasteiger partial charge in [-0.2, -0.15) is 0 Å². The number of rotatable bonds is 5. The summed E-state index contributed by atoms with van der Waals surface area (Å²) in [5.41, 5.74) is 7.81. The largest absolute Gasteiger partial charge is 0.496 e. The Balaban J connectivity index is 2.33. The molecular weight excluding hydrogens is 280 g/mol. The number of amides is 1. The monoisotopic (exact) mass is 306 g/mol. The van der Waals surface area contributed by atoms with E-state index in [1.165, 1.54) is 5.56 Å². The van der Waals surface area contributed by atoms with Gasteiger partial charge in [-0.05, 0) is 32.8 Å². The van der Waals surface area contributed by atoms with Gasteiger partial charge in [-0.3, -0.25) is 4.79 Å². The minimum Gasteiger partial charge on any atom is -0.496 e. The standard InChI is InChI=1S/C17H26N2O3/c1-12-4-5-15(21-3)14(10-12)17(6-8-22-9-7-17)11-19-16(20)13(2)18/h4-5,10,13H,6-9,11,18H2,1-3H3,(H,19,20)/t13-/m1/s1. The van der Waals surface area contributed by atoms with E-state index in [0.717, 1.165) is 24.2 Å². The van der Waals surface area contributed by atoms with Crippen molar-refractivity contribution in [3.05, 3.63) is 29.3 Å². The molecule has 1 heterocycles. The Morgan fingerprint density at radius 2 is 2.14 bits per heavy atom. The molecule has 0 aliphatic carbocycles. The van der Waals surface area contributed by atoms with Gasteiger partial charge in [0.1, 0.15) is 5.75 Å². The maximum atomic E-state index is 11.9. The van der Waals surface area contributed by atoms with Crippen LogP contribution in [0.25, 0.3) is 0 Å². The highest BCUT2D eigenvalue weighted by Gasteiger charge is 2.37. The average molecular weight is 306 g/mol. The van der Waals surface area contributed by atoms with Crippen molar-refractivity contribution >= 4 is 5.91 Å². The lowest BCUT2D eigenvalue weighted by Gasteiger charge is -2.39. The van der Waals surface area contributed by atoms with Gasteiger partial charge in [0.2, 0.25) is 5.91 Å². The first-order chi connectivity index (χ1) is 10.5. The van der Waals surface area contributed by atoms with Crippen LogP contribution in [0, 0.1) is 6.92 Å². The second-order valence-electron chi connectivity index (χ2n) is 6.10. The SMILES string of the molecule is COc1ccc(C)cc1C1(CNC(=O)[C@@H](C)N)CCOCC1. The van der Waals surface area contributed by atoms with E-state index >= 15 is 0 Å². The predicted octanol–water partition coefficient (Wildman–Crippen LogP) is 1.52. The highest BCUT2D eigenvalue weighted by Crippen LogP contribution is 2.40. The molecule has 1 aromatic rings. The zero-order chi connectivity index (χ0) is 16.2. The molecule has 1 atom stereocenters. The van der Waals surface area contributed by atoms with Crippen LogP contribution >= 0.6 is 0 Å². The number of methoxy groups -OCH3 is 1. The summed E-state index contributed by atoms with van der Waals surface area (Å²) in [6.07, 6.45) is 1.71. The fourth-order valence-corrected chi connectivity index (χ4v) is 2.96. The lowest BCUT2D eigenvalue weighted by Crippen LogP contribution is -2.48. The Hall–Kier alpha value is -1.59. The molecule has 0 saturated carbocycles. The van der Waals surface area contributed by atoms with Gasteiger partial charge in [-0.1, -0.05) is 17.7 Å². The van der Waals surface area contributed by atoms with Crippen molar-refractivity contribution in [3.8, 4) is 5.75 Å². The molecule has 0 aromatic heterocycles.